The minimum Gasteiger partial charge on any atom is -0.337 e. The van der Waals surface area contributed by atoms with Crippen LogP contribution in [-0.2, 0) is 13.0 Å². The summed E-state index contributed by atoms with van der Waals surface area (Å²) >= 11 is 0. The zero-order chi connectivity index (χ0) is 19.5. The first-order valence-corrected chi connectivity index (χ1v) is 9.89. The Morgan fingerprint density at radius 3 is 2.61 bits per heavy atom. The molecule has 0 spiro atoms. The molecule has 0 saturated carbocycles. The average Bonchev–Trinajstić information content (AvgIpc) is 3.32. The van der Waals surface area contributed by atoms with Crippen molar-refractivity contribution in [1.29, 1.82) is 0 Å². The van der Waals surface area contributed by atoms with Crippen molar-refractivity contribution in [3.8, 4) is 0 Å². The molecule has 0 aromatic carbocycles. The second kappa shape index (κ2) is 8.06. The zero-order valence-electron chi connectivity index (χ0n) is 16.5. The molecule has 0 radical (unpaired) electrons. The highest BCUT2D eigenvalue weighted by atomic mass is 16.2. The monoisotopic (exact) mass is 378 g/mol. The van der Waals surface area contributed by atoms with Crippen LogP contribution in [0.2, 0.25) is 0 Å². The lowest BCUT2D eigenvalue weighted by atomic mass is 10.2. The highest BCUT2D eigenvalue weighted by molar-refractivity contribution is 5.94. The summed E-state index contributed by atoms with van der Waals surface area (Å²) in [7, 11) is 0. The van der Waals surface area contributed by atoms with Crippen molar-refractivity contribution in [2.24, 2.45) is 0 Å². The number of nitrogens with zero attached hydrogens (tertiary/aromatic N) is 5. The third kappa shape index (κ3) is 3.89. The van der Waals surface area contributed by atoms with Gasteiger partial charge in [-0.15, -0.1) is 0 Å². The van der Waals surface area contributed by atoms with Crippen LogP contribution in [0, 0.1) is 13.8 Å². The van der Waals surface area contributed by atoms with Gasteiger partial charge in [-0.05, 0) is 44.9 Å². The van der Waals surface area contributed by atoms with Crippen LogP contribution in [0.4, 0.5) is 0 Å². The first-order chi connectivity index (χ1) is 13.6. The van der Waals surface area contributed by atoms with Crippen LogP contribution in [0.5, 0.6) is 0 Å². The highest BCUT2D eigenvalue weighted by Crippen LogP contribution is 2.18. The molecular weight excluding hydrogens is 352 g/mol. The Balaban J connectivity index is 1.49. The molecule has 1 fully saturated rings. The lowest BCUT2D eigenvalue weighted by molar-refractivity contribution is 0.0786. The Kier molecular flexibility index (Phi) is 5.34. The largest absolute Gasteiger partial charge is 0.337 e. The van der Waals surface area contributed by atoms with E-state index in [1.165, 1.54) is 0 Å². The third-order valence-corrected chi connectivity index (χ3v) is 5.07. The summed E-state index contributed by atoms with van der Waals surface area (Å²) in [5.41, 5.74) is 4.25. The van der Waals surface area contributed by atoms with E-state index >= 15 is 0 Å². The Labute approximate surface area is 164 Å². The van der Waals surface area contributed by atoms with E-state index in [-0.39, 0.29) is 5.91 Å². The fourth-order valence-electron chi connectivity index (χ4n) is 3.77. The predicted octanol–water partition coefficient (Wildman–Crippen LogP) is 2.31. The summed E-state index contributed by atoms with van der Waals surface area (Å²) in [5.74, 6) is 0.882. The van der Waals surface area contributed by atoms with Crippen LogP contribution >= 0.6 is 0 Å². The number of fused-ring (bicyclic) bond motifs is 1. The standard InChI is InChI=1S/C21H26N6O/c1-15-13-16(2)24-18(23-15)8-9-22-14-17-20(21(28)26-10-5-6-11-26)25-19-7-3-4-12-27(17)19/h3-4,7,12-13,22H,5-6,8-11,14H2,1-2H3. The fourth-order valence-corrected chi connectivity index (χ4v) is 3.77. The van der Waals surface area contributed by atoms with E-state index in [1.807, 2.05) is 53.6 Å². The molecule has 3 aromatic heterocycles. The summed E-state index contributed by atoms with van der Waals surface area (Å²) in [4.78, 5) is 28.5. The van der Waals surface area contributed by atoms with Crippen molar-refractivity contribution in [3.63, 3.8) is 0 Å². The minimum absolute atomic E-state index is 0.0376. The van der Waals surface area contributed by atoms with E-state index in [0.717, 1.165) is 67.5 Å². The predicted molar refractivity (Wildman–Crippen MR) is 107 cm³/mol. The number of imidazole rings is 1. The van der Waals surface area contributed by atoms with Crippen LogP contribution in [0.3, 0.4) is 0 Å². The van der Waals surface area contributed by atoms with Crippen molar-refractivity contribution >= 4 is 11.6 Å². The first kappa shape index (κ1) is 18.6. The van der Waals surface area contributed by atoms with Gasteiger partial charge in [-0.1, -0.05) is 6.07 Å². The second-order valence-electron chi connectivity index (χ2n) is 7.33. The summed E-state index contributed by atoms with van der Waals surface area (Å²) < 4.78 is 2.00. The Morgan fingerprint density at radius 2 is 1.86 bits per heavy atom. The molecule has 146 valence electrons. The maximum absolute atomic E-state index is 13.0. The van der Waals surface area contributed by atoms with Gasteiger partial charge in [-0.25, -0.2) is 15.0 Å². The number of likely N-dealkylation sites (tertiary alicyclic amines) is 1. The molecule has 0 aliphatic carbocycles. The van der Waals surface area contributed by atoms with Crippen LogP contribution < -0.4 is 5.32 Å². The number of amides is 1. The second-order valence-corrected chi connectivity index (χ2v) is 7.33. The lowest BCUT2D eigenvalue weighted by Crippen LogP contribution is -2.30. The Hall–Kier alpha value is -2.80. The van der Waals surface area contributed by atoms with Gasteiger partial charge >= 0.3 is 0 Å². The van der Waals surface area contributed by atoms with E-state index in [0.29, 0.717) is 12.2 Å². The van der Waals surface area contributed by atoms with E-state index in [9.17, 15) is 4.79 Å². The van der Waals surface area contributed by atoms with Gasteiger partial charge in [0.05, 0.1) is 5.69 Å². The van der Waals surface area contributed by atoms with Crippen molar-refractivity contribution < 1.29 is 4.79 Å². The summed E-state index contributed by atoms with van der Waals surface area (Å²) in [6, 6.07) is 7.83. The Morgan fingerprint density at radius 1 is 1.11 bits per heavy atom. The molecular formula is C21H26N6O. The minimum atomic E-state index is 0.0376. The SMILES string of the molecule is Cc1cc(C)nc(CCNCc2c(C(=O)N3CCCC3)nc3ccccn23)n1. The van der Waals surface area contributed by atoms with Gasteiger partial charge in [0, 0.05) is 50.2 Å². The molecule has 1 amide bonds. The molecule has 7 heteroatoms. The van der Waals surface area contributed by atoms with Crippen molar-refractivity contribution in [3.05, 3.63) is 59.1 Å². The van der Waals surface area contributed by atoms with Crippen molar-refractivity contribution in [2.75, 3.05) is 19.6 Å². The van der Waals surface area contributed by atoms with Gasteiger partial charge in [0.15, 0.2) is 5.69 Å². The number of pyridine rings is 1. The molecule has 1 saturated heterocycles. The van der Waals surface area contributed by atoms with Gasteiger partial charge in [-0.3, -0.25) is 4.79 Å². The lowest BCUT2D eigenvalue weighted by Gasteiger charge is -2.15. The molecule has 28 heavy (non-hydrogen) atoms. The van der Waals surface area contributed by atoms with Crippen LogP contribution in [0.25, 0.3) is 5.65 Å². The van der Waals surface area contributed by atoms with Gasteiger partial charge < -0.3 is 14.6 Å². The number of hydrogen-bond acceptors (Lipinski definition) is 5. The molecule has 4 heterocycles. The van der Waals surface area contributed by atoms with Crippen LogP contribution in [0.15, 0.2) is 30.5 Å². The van der Waals surface area contributed by atoms with E-state index in [2.05, 4.69) is 20.3 Å². The number of hydrogen-bond donors (Lipinski definition) is 1. The summed E-state index contributed by atoms with van der Waals surface area (Å²) in [6.07, 6.45) is 4.85. The van der Waals surface area contributed by atoms with Gasteiger partial charge in [-0.2, -0.15) is 0 Å². The van der Waals surface area contributed by atoms with Crippen molar-refractivity contribution in [2.45, 2.75) is 39.7 Å². The van der Waals surface area contributed by atoms with Crippen LogP contribution in [-0.4, -0.2) is 49.8 Å². The molecule has 1 N–H and O–H groups in total. The van der Waals surface area contributed by atoms with E-state index in [1.54, 1.807) is 0 Å². The zero-order valence-corrected chi connectivity index (χ0v) is 16.5. The quantitative estimate of drug-likeness (QED) is 0.666. The van der Waals surface area contributed by atoms with Gasteiger partial charge in [0.1, 0.15) is 11.5 Å². The number of carbonyl (C=O) groups excluding carboxylic acids is 1. The molecule has 1 aliphatic heterocycles. The number of aromatic nitrogens is 4. The molecule has 0 atom stereocenters. The summed E-state index contributed by atoms with van der Waals surface area (Å²) in [6.45, 7) is 6.93. The van der Waals surface area contributed by atoms with E-state index < -0.39 is 0 Å². The highest BCUT2D eigenvalue weighted by Gasteiger charge is 2.25. The number of nitrogens with one attached hydrogen (secondary N) is 1. The third-order valence-electron chi connectivity index (χ3n) is 5.07. The molecule has 7 nitrogen and oxygen atoms in total. The first-order valence-electron chi connectivity index (χ1n) is 9.89. The number of aryl methyl sites for hydroxylation is 2. The van der Waals surface area contributed by atoms with Crippen molar-refractivity contribution in [1.82, 2.24) is 29.6 Å². The van der Waals surface area contributed by atoms with Crippen LogP contribution in [0.1, 0.15) is 46.2 Å². The van der Waals surface area contributed by atoms with E-state index in [4.69, 9.17) is 0 Å². The molecule has 3 aromatic rings. The van der Waals surface area contributed by atoms with Gasteiger partial charge in [0.25, 0.3) is 5.91 Å². The number of carbonyl (C=O) groups is 1. The Bertz CT molecular complexity index is 969. The maximum atomic E-state index is 13.0. The summed E-state index contributed by atoms with van der Waals surface area (Å²) in [5, 5.41) is 3.44. The normalized spacial score (nSPS) is 14.1. The molecule has 0 bridgehead atoms. The maximum Gasteiger partial charge on any atom is 0.274 e. The van der Waals surface area contributed by atoms with Gasteiger partial charge in [0.2, 0.25) is 0 Å². The number of rotatable bonds is 6. The molecule has 1 aliphatic rings. The average molecular weight is 378 g/mol. The molecule has 0 unspecified atom stereocenters. The fraction of sp³-hybridized carbons (Fsp3) is 0.429. The topological polar surface area (TPSA) is 75.4 Å². The smallest absolute Gasteiger partial charge is 0.274 e. The molecule has 4 rings (SSSR count).